The third kappa shape index (κ3) is 3.47. The van der Waals surface area contributed by atoms with Gasteiger partial charge in [-0.05, 0) is 31.5 Å². The van der Waals surface area contributed by atoms with Crippen LogP contribution >= 0.6 is 0 Å². The number of hydrogen-bond acceptors (Lipinski definition) is 3. The van der Waals surface area contributed by atoms with Gasteiger partial charge in [0.05, 0.1) is 13.0 Å². The summed E-state index contributed by atoms with van der Waals surface area (Å²) in [5.41, 5.74) is 2.09. The average molecular weight is 265 g/mol. The van der Waals surface area contributed by atoms with Crippen LogP contribution in [0, 0.1) is 5.92 Å². The zero-order chi connectivity index (χ0) is 14.4. The summed E-state index contributed by atoms with van der Waals surface area (Å²) in [6.07, 6.45) is 1.48. The number of carbonyl (C=O) groups is 1. The fourth-order valence-electron chi connectivity index (χ4n) is 2.37. The Bertz CT molecular complexity index is 431. The van der Waals surface area contributed by atoms with Crippen molar-refractivity contribution in [3.63, 3.8) is 0 Å². The zero-order valence-electron chi connectivity index (χ0n) is 12.1. The van der Waals surface area contributed by atoms with Crippen LogP contribution < -0.4 is 10.1 Å². The molecule has 0 amide bonds. The lowest BCUT2D eigenvalue weighted by Gasteiger charge is -2.25. The van der Waals surface area contributed by atoms with Gasteiger partial charge >= 0.3 is 5.97 Å². The first-order valence-corrected chi connectivity index (χ1v) is 6.65. The van der Waals surface area contributed by atoms with Crippen molar-refractivity contribution in [2.75, 3.05) is 14.2 Å². The number of aliphatic carboxylic acids is 1. The Morgan fingerprint density at radius 1 is 1.42 bits per heavy atom. The Balaban J connectivity index is 3.25. The topological polar surface area (TPSA) is 58.6 Å². The molecule has 0 bridgehead atoms. The summed E-state index contributed by atoms with van der Waals surface area (Å²) >= 11 is 0. The Labute approximate surface area is 114 Å². The molecule has 2 atom stereocenters. The number of rotatable bonds is 7. The molecule has 2 N–H and O–H groups in total. The second kappa shape index (κ2) is 7.14. The van der Waals surface area contributed by atoms with Gasteiger partial charge in [-0.15, -0.1) is 0 Å². The lowest BCUT2D eigenvalue weighted by atomic mass is 9.89. The monoisotopic (exact) mass is 265 g/mol. The quantitative estimate of drug-likeness (QED) is 0.795. The van der Waals surface area contributed by atoms with Crippen LogP contribution in [0.1, 0.15) is 37.4 Å². The second-order valence-electron chi connectivity index (χ2n) is 4.55. The number of carboxylic acid groups (broad SMARTS) is 1. The first kappa shape index (κ1) is 15.5. The van der Waals surface area contributed by atoms with Gasteiger partial charge in [0, 0.05) is 11.6 Å². The standard InChI is InChI=1S/C15H23NO3/c1-5-10-7-8-13(19-4)12(9-10)14(16-3)11(6-2)15(17)18/h7-9,11,14,16H,5-6H2,1-4H3,(H,17,18). The summed E-state index contributed by atoms with van der Waals surface area (Å²) in [6, 6.07) is 5.71. The van der Waals surface area contributed by atoms with Crippen LogP contribution in [0.15, 0.2) is 18.2 Å². The molecule has 4 heteroatoms. The van der Waals surface area contributed by atoms with Gasteiger partial charge in [0.15, 0.2) is 0 Å². The summed E-state index contributed by atoms with van der Waals surface area (Å²) in [5, 5.41) is 12.5. The molecule has 0 spiro atoms. The first-order chi connectivity index (χ1) is 9.08. The molecule has 0 saturated carbocycles. The number of carboxylic acids is 1. The number of methoxy groups -OCH3 is 1. The van der Waals surface area contributed by atoms with Crippen LogP contribution in [-0.4, -0.2) is 25.2 Å². The molecule has 0 aliphatic heterocycles. The van der Waals surface area contributed by atoms with E-state index >= 15 is 0 Å². The third-order valence-electron chi connectivity index (χ3n) is 3.51. The van der Waals surface area contributed by atoms with Crippen molar-refractivity contribution in [1.29, 1.82) is 0 Å². The molecule has 0 saturated heterocycles. The number of aryl methyl sites for hydroxylation is 1. The maximum atomic E-state index is 11.4. The van der Waals surface area contributed by atoms with E-state index in [4.69, 9.17) is 4.74 Å². The predicted molar refractivity (Wildman–Crippen MR) is 75.6 cm³/mol. The van der Waals surface area contributed by atoms with Crippen LogP contribution in [0.2, 0.25) is 0 Å². The largest absolute Gasteiger partial charge is 0.496 e. The number of benzene rings is 1. The molecule has 19 heavy (non-hydrogen) atoms. The zero-order valence-corrected chi connectivity index (χ0v) is 12.1. The SMILES string of the molecule is CCc1ccc(OC)c(C(NC)C(CC)C(=O)O)c1. The predicted octanol–water partition coefficient (Wildman–Crippen LogP) is 2.63. The lowest BCUT2D eigenvalue weighted by Crippen LogP contribution is -2.30. The first-order valence-electron chi connectivity index (χ1n) is 6.65. The highest BCUT2D eigenvalue weighted by molar-refractivity contribution is 5.71. The molecule has 4 nitrogen and oxygen atoms in total. The average Bonchev–Trinajstić information content (AvgIpc) is 2.43. The number of hydrogen-bond donors (Lipinski definition) is 2. The van der Waals surface area contributed by atoms with E-state index in [1.165, 1.54) is 5.56 Å². The minimum atomic E-state index is -0.786. The number of nitrogens with one attached hydrogen (secondary N) is 1. The minimum Gasteiger partial charge on any atom is -0.496 e. The van der Waals surface area contributed by atoms with Crippen molar-refractivity contribution < 1.29 is 14.6 Å². The highest BCUT2D eigenvalue weighted by Gasteiger charge is 2.28. The molecule has 0 fully saturated rings. The molecular formula is C15H23NO3. The van der Waals surface area contributed by atoms with Gasteiger partial charge in [-0.2, -0.15) is 0 Å². The lowest BCUT2D eigenvalue weighted by molar-refractivity contribution is -0.143. The fraction of sp³-hybridized carbons (Fsp3) is 0.533. The Morgan fingerprint density at radius 3 is 2.53 bits per heavy atom. The van der Waals surface area contributed by atoms with Gasteiger partial charge in [0.2, 0.25) is 0 Å². The molecule has 106 valence electrons. The highest BCUT2D eigenvalue weighted by atomic mass is 16.5. The normalized spacial score (nSPS) is 13.9. The van der Waals surface area contributed by atoms with E-state index in [1.807, 2.05) is 25.1 Å². The molecule has 0 aliphatic rings. The van der Waals surface area contributed by atoms with Gasteiger partial charge in [-0.1, -0.05) is 26.0 Å². The van der Waals surface area contributed by atoms with Crippen molar-refractivity contribution in [2.45, 2.75) is 32.7 Å². The Kier molecular flexibility index (Phi) is 5.83. The fourth-order valence-corrected chi connectivity index (χ4v) is 2.37. The molecule has 0 radical (unpaired) electrons. The van der Waals surface area contributed by atoms with E-state index < -0.39 is 11.9 Å². The molecule has 1 aromatic rings. The Hall–Kier alpha value is -1.55. The molecular weight excluding hydrogens is 242 g/mol. The second-order valence-corrected chi connectivity index (χ2v) is 4.55. The van der Waals surface area contributed by atoms with E-state index in [-0.39, 0.29) is 6.04 Å². The summed E-state index contributed by atoms with van der Waals surface area (Å²) in [5.74, 6) is -0.520. The van der Waals surface area contributed by atoms with E-state index in [9.17, 15) is 9.90 Å². The molecule has 1 rings (SSSR count). The third-order valence-corrected chi connectivity index (χ3v) is 3.51. The van der Waals surface area contributed by atoms with Crippen molar-refractivity contribution >= 4 is 5.97 Å². The van der Waals surface area contributed by atoms with Gasteiger partial charge in [0.25, 0.3) is 0 Å². The molecule has 0 aromatic heterocycles. The van der Waals surface area contributed by atoms with Crippen LogP contribution in [0.5, 0.6) is 5.75 Å². The van der Waals surface area contributed by atoms with Crippen LogP contribution in [0.25, 0.3) is 0 Å². The maximum absolute atomic E-state index is 11.4. The van der Waals surface area contributed by atoms with Gasteiger partial charge < -0.3 is 15.2 Å². The van der Waals surface area contributed by atoms with Crippen LogP contribution in [0.4, 0.5) is 0 Å². The van der Waals surface area contributed by atoms with E-state index in [0.717, 1.165) is 17.7 Å². The summed E-state index contributed by atoms with van der Waals surface area (Å²) in [7, 11) is 3.40. The summed E-state index contributed by atoms with van der Waals surface area (Å²) in [6.45, 7) is 3.97. The highest BCUT2D eigenvalue weighted by Crippen LogP contribution is 2.32. The van der Waals surface area contributed by atoms with Crippen molar-refractivity contribution in [2.24, 2.45) is 5.92 Å². The maximum Gasteiger partial charge on any atom is 0.308 e. The number of ether oxygens (including phenoxy) is 1. The van der Waals surface area contributed by atoms with Gasteiger partial charge in [-0.25, -0.2) is 0 Å². The van der Waals surface area contributed by atoms with E-state index in [0.29, 0.717) is 6.42 Å². The van der Waals surface area contributed by atoms with Gasteiger partial charge in [-0.3, -0.25) is 4.79 Å². The summed E-state index contributed by atoms with van der Waals surface area (Å²) < 4.78 is 5.37. The van der Waals surface area contributed by atoms with E-state index in [2.05, 4.69) is 12.2 Å². The van der Waals surface area contributed by atoms with Crippen LogP contribution in [-0.2, 0) is 11.2 Å². The molecule has 0 heterocycles. The van der Waals surface area contributed by atoms with E-state index in [1.54, 1.807) is 14.2 Å². The van der Waals surface area contributed by atoms with Crippen molar-refractivity contribution in [3.8, 4) is 5.75 Å². The smallest absolute Gasteiger partial charge is 0.308 e. The molecule has 0 aliphatic carbocycles. The minimum absolute atomic E-state index is 0.246. The van der Waals surface area contributed by atoms with Gasteiger partial charge in [0.1, 0.15) is 5.75 Å². The van der Waals surface area contributed by atoms with Crippen LogP contribution in [0.3, 0.4) is 0 Å². The molecule has 1 aromatic carbocycles. The Morgan fingerprint density at radius 2 is 2.11 bits per heavy atom. The summed E-state index contributed by atoms with van der Waals surface area (Å²) in [4.78, 5) is 11.4. The molecule has 2 unspecified atom stereocenters. The van der Waals surface area contributed by atoms with Crippen molar-refractivity contribution in [3.05, 3.63) is 29.3 Å². The van der Waals surface area contributed by atoms with Crippen molar-refractivity contribution in [1.82, 2.24) is 5.32 Å².